The summed E-state index contributed by atoms with van der Waals surface area (Å²) in [6.07, 6.45) is 101. The summed E-state index contributed by atoms with van der Waals surface area (Å²) in [6.45, 7) is 4.92. The molecule has 1 amide bonds. The molecule has 0 aliphatic heterocycles. The maximum Gasteiger partial charge on any atom is 0.305 e. The van der Waals surface area contributed by atoms with E-state index in [2.05, 4.69) is 43.5 Å². The van der Waals surface area contributed by atoms with Gasteiger partial charge in [0.15, 0.2) is 0 Å². The van der Waals surface area contributed by atoms with Crippen LogP contribution < -0.4 is 5.32 Å². The molecule has 88 heavy (non-hydrogen) atoms. The van der Waals surface area contributed by atoms with Gasteiger partial charge < -0.3 is 20.3 Å². The van der Waals surface area contributed by atoms with Crippen LogP contribution in [0.2, 0.25) is 0 Å². The minimum absolute atomic E-state index is 0.0109. The lowest BCUT2D eigenvalue weighted by atomic mass is 10.0. The fourth-order valence-electron chi connectivity index (χ4n) is 12.8. The zero-order valence-electron chi connectivity index (χ0n) is 59.7. The molecule has 0 saturated carbocycles. The molecule has 520 valence electrons. The van der Waals surface area contributed by atoms with E-state index in [9.17, 15) is 19.8 Å². The molecule has 2 unspecified atom stereocenters. The van der Waals surface area contributed by atoms with E-state index in [-0.39, 0.29) is 18.5 Å². The van der Waals surface area contributed by atoms with Crippen molar-refractivity contribution in [1.29, 1.82) is 0 Å². The Labute approximate surface area is 551 Å². The number of amides is 1. The van der Waals surface area contributed by atoms with Crippen molar-refractivity contribution in [2.24, 2.45) is 0 Å². The topological polar surface area (TPSA) is 95.9 Å². The number of unbranched alkanes of at least 4 members (excludes halogenated alkanes) is 61. The van der Waals surface area contributed by atoms with E-state index in [0.717, 1.165) is 51.4 Å². The SMILES string of the molecule is CCCCCC/C=C\C/C=C\CCCCCCCC(=O)OCCCCCCCCCCCCCCCCCCCCCCCCCCCCCCCCCCCCCCCCCC(=O)NC(CO)C(O)/C=C/CCCCCCCCCCCCCCCC. The first-order chi connectivity index (χ1) is 43.5. The Morgan fingerprint density at radius 1 is 0.318 bits per heavy atom. The third kappa shape index (κ3) is 73.1. The monoisotopic (exact) mass is 1240 g/mol. The van der Waals surface area contributed by atoms with Crippen LogP contribution in [0.4, 0.5) is 0 Å². The predicted molar refractivity (Wildman–Crippen MR) is 389 cm³/mol. The minimum atomic E-state index is -0.840. The highest BCUT2D eigenvalue weighted by Crippen LogP contribution is 2.20. The second kappa shape index (κ2) is 77.5. The fourth-order valence-corrected chi connectivity index (χ4v) is 12.8. The number of allylic oxidation sites excluding steroid dienone is 5. The van der Waals surface area contributed by atoms with Crippen molar-refractivity contribution in [2.75, 3.05) is 13.2 Å². The van der Waals surface area contributed by atoms with Crippen molar-refractivity contribution in [3.05, 3.63) is 36.5 Å². The van der Waals surface area contributed by atoms with Gasteiger partial charge >= 0.3 is 5.97 Å². The predicted octanol–water partition coefficient (Wildman–Crippen LogP) is 26.6. The number of esters is 1. The van der Waals surface area contributed by atoms with Crippen LogP contribution in [0.5, 0.6) is 0 Å². The standard InChI is InChI=1S/C82H157NO5/c1-3-5-7-9-11-13-15-17-19-46-50-54-58-62-66-70-74-80(85)79(78-84)83-81(86)75-71-67-63-59-55-51-47-44-42-40-38-36-34-32-30-28-26-24-22-21-23-25-27-29-31-33-35-37-39-41-43-45-49-53-57-61-65-69-73-77-88-82(87)76-72-68-64-60-56-52-48-20-18-16-14-12-10-8-6-4-2/h14,16,20,48,70,74,79-80,84-85H,3-13,15,17-19,21-47,49-69,71-73,75-78H2,1-2H3,(H,83,86)/b16-14-,48-20-,74-70+. The molecular weight excluding hydrogens is 1080 g/mol. The molecule has 0 aliphatic carbocycles. The molecule has 0 aromatic heterocycles. The average molecular weight is 1240 g/mol. The highest BCUT2D eigenvalue weighted by molar-refractivity contribution is 5.76. The smallest absolute Gasteiger partial charge is 0.305 e. The number of aliphatic hydroxyl groups is 2. The maximum absolute atomic E-state index is 12.5. The summed E-state index contributed by atoms with van der Waals surface area (Å²) < 4.78 is 5.50. The third-order valence-corrected chi connectivity index (χ3v) is 18.9. The second-order valence-electron chi connectivity index (χ2n) is 27.8. The van der Waals surface area contributed by atoms with Crippen LogP contribution in [0, 0.1) is 0 Å². The Bertz CT molecular complexity index is 1430. The summed E-state index contributed by atoms with van der Waals surface area (Å²) in [7, 11) is 0. The number of nitrogens with one attached hydrogen (secondary N) is 1. The van der Waals surface area contributed by atoms with Crippen LogP contribution in [0.25, 0.3) is 0 Å². The first-order valence-electron chi connectivity index (χ1n) is 40.3. The molecule has 2 atom stereocenters. The van der Waals surface area contributed by atoms with Crippen molar-refractivity contribution < 1.29 is 24.5 Å². The largest absolute Gasteiger partial charge is 0.466 e. The van der Waals surface area contributed by atoms with Gasteiger partial charge in [-0.25, -0.2) is 0 Å². The van der Waals surface area contributed by atoms with Gasteiger partial charge in [-0.3, -0.25) is 9.59 Å². The molecule has 0 radical (unpaired) electrons. The molecule has 0 bridgehead atoms. The van der Waals surface area contributed by atoms with Gasteiger partial charge in [0.05, 0.1) is 25.4 Å². The number of hydrogen-bond donors (Lipinski definition) is 3. The Balaban J connectivity index is 3.30. The molecule has 0 spiro atoms. The van der Waals surface area contributed by atoms with Gasteiger partial charge in [-0.05, 0) is 64.2 Å². The summed E-state index contributed by atoms with van der Waals surface area (Å²) in [6, 6.07) is -0.623. The first-order valence-corrected chi connectivity index (χ1v) is 40.3. The molecule has 0 fully saturated rings. The molecule has 0 rings (SSSR count). The van der Waals surface area contributed by atoms with Crippen molar-refractivity contribution in [3.8, 4) is 0 Å². The molecule has 0 saturated heterocycles. The van der Waals surface area contributed by atoms with Crippen LogP contribution in [0.15, 0.2) is 36.5 Å². The van der Waals surface area contributed by atoms with E-state index in [1.165, 1.54) is 372 Å². The number of ether oxygens (including phenoxy) is 1. The molecule has 3 N–H and O–H groups in total. The lowest BCUT2D eigenvalue weighted by Gasteiger charge is -2.20. The number of carbonyl (C=O) groups is 2. The normalized spacial score (nSPS) is 12.6. The quantitative estimate of drug-likeness (QED) is 0.0320. The van der Waals surface area contributed by atoms with Gasteiger partial charge in [-0.15, -0.1) is 0 Å². The maximum atomic E-state index is 12.5. The van der Waals surface area contributed by atoms with Gasteiger partial charge in [0, 0.05) is 12.8 Å². The summed E-state index contributed by atoms with van der Waals surface area (Å²) in [5.74, 6) is -0.0477. The van der Waals surface area contributed by atoms with E-state index in [1.54, 1.807) is 6.08 Å². The van der Waals surface area contributed by atoms with E-state index in [0.29, 0.717) is 19.4 Å². The summed E-state index contributed by atoms with van der Waals surface area (Å²) in [5.41, 5.74) is 0. The lowest BCUT2D eigenvalue weighted by molar-refractivity contribution is -0.143. The molecule has 0 heterocycles. The minimum Gasteiger partial charge on any atom is -0.466 e. The van der Waals surface area contributed by atoms with Crippen LogP contribution in [0.1, 0.15) is 450 Å². The van der Waals surface area contributed by atoms with Gasteiger partial charge in [0.1, 0.15) is 0 Å². The number of carbonyl (C=O) groups excluding carboxylic acids is 2. The Morgan fingerprint density at radius 2 is 0.568 bits per heavy atom. The van der Waals surface area contributed by atoms with Crippen molar-refractivity contribution in [3.63, 3.8) is 0 Å². The molecular formula is C82H157NO5. The number of rotatable bonds is 76. The average Bonchev–Trinajstić information content (AvgIpc) is 3.58. The highest BCUT2D eigenvalue weighted by Gasteiger charge is 2.18. The second-order valence-corrected chi connectivity index (χ2v) is 27.8. The molecule has 0 aliphatic rings. The van der Waals surface area contributed by atoms with E-state index in [4.69, 9.17) is 4.74 Å². The molecule has 0 aromatic rings. The van der Waals surface area contributed by atoms with Crippen molar-refractivity contribution in [2.45, 2.75) is 463 Å². The van der Waals surface area contributed by atoms with Crippen molar-refractivity contribution >= 4 is 11.9 Å². The Hall–Kier alpha value is -1.92. The van der Waals surface area contributed by atoms with E-state index in [1.807, 2.05) is 6.08 Å². The molecule has 6 heteroatoms. The first kappa shape index (κ1) is 86.1. The third-order valence-electron chi connectivity index (χ3n) is 18.9. The Kier molecular flexibility index (Phi) is 75.8. The van der Waals surface area contributed by atoms with Crippen LogP contribution in [0.3, 0.4) is 0 Å². The van der Waals surface area contributed by atoms with E-state index < -0.39 is 12.1 Å². The molecule has 6 nitrogen and oxygen atoms in total. The van der Waals surface area contributed by atoms with Crippen LogP contribution >= 0.6 is 0 Å². The Morgan fingerprint density at radius 3 is 0.875 bits per heavy atom. The fraction of sp³-hybridized carbons (Fsp3) is 0.902. The number of hydrogen-bond acceptors (Lipinski definition) is 5. The number of aliphatic hydroxyl groups excluding tert-OH is 2. The van der Waals surface area contributed by atoms with Gasteiger partial charge in [-0.1, -0.05) is 410 Å². The zero-order chi connectivity index (χ0) is 63.5. The summed E-state index contributed by atoms with van der Waals surface area (Å²) >= 11 is 0. The van der Waals surface area contributed by atoms with Gasteiger partial charge in [0.25, 0.3) is 0 Å². The van der Waals surface area contributed by atoms with Gasteiger partial charge in [-0.2, -0.15) is 0 Å². The molecule has 0 aromatic carbocycles. The summed E-state index contributed by atoms with van der Waals surface area (Å²) in [4.78, 5) is 24.6. The van der Waals surface area contributed by atoms with E-state index >= 15 is 0 Å². The summed E-state index contributed by atoms with van der Waals surface area (Å²) in [5, 5.41) is 23.2. The van der Waals surface area contributed by atoms with Crippen molar-refractivity contribution in [1.82, 2.24) is 5.32 Å². The lowest BCUT2D eigenvalue weighted by Crippen LogP contribution is -2.45. The van der Waals surface area contributed by atoms with Gasteiger partial charge in [0.2, 0.25) is 5.91 Å². The van der Waals surface area contributed by atoms with Crippen LogP contribution in [-0.2, 0) is 14.3 Å². The highest BCUT2D eigenvalue weighted by atomic mass is 16.5. The zero-order valence-corrected chi connectivity index (χ0v) is 59.7. The van der Waals surface area contributed by atoms with Crippen LogP contribution in [-0.4, -0.2) is 47.4 Å².